The average molecular weight is 318 g/mol. The van der Waals surface area contributed by atoms with E-state index in [1.165, 1.54) is 11.1 Å². The molecular formula is C19H18N4O. The molecule has 0 unspecified atom stereocenters. The van der Waals surface area contributed by atoms with Crippen LogP contribution >= 0.6 is 0 Å². The molecule has 1 aromatic carbocycles. The molecule has 120 valence electrons. The predicted octanol–water partition coefficient (Wildman–Crippen LogP) is 3.37. The summed E-state index contributed by atoms with van der Waals surface area (Å²) in [5.74, 6) is 2.50. The first kappa shape index (κ1) is 13.7. The second-order valence-corrected chi connectivity index (χ2v) is 6.69. The van der Waals surface area contributed by atoms with Crippen molar-refractivity contribution < 1.29 is 4.74 Å². The monoisotopic (exact) mass is 318 g/mol. The van der Waals surface area contributed by atoms with E-state index >= 15 is 0 Å². The molecular weight excluding hydrogens is 300 g/mol. The van der Waals surface area contributed by atoms with Crippen molar-refractivity contribution in [3.8, 4) is 16.9 Å². The van der Waals surface area contributed by atoms with Gasteiger partial charge in [0.2, 0.25) is 0 Å². The van der Waals surface area contributed by atoms with Crippen molar-refractivity contribution in [1.29, 1.82) is 0 Å². The number of fused-ring (bicyclic) bond motifs is 3. The minimum Gasteiger partial charge on any atom is -0.493 e. The third kappa shape index (κ3) is 1.90. The van der Waals surface area contributed by atoms with Crippen LogP contribution in [0.15, 0.2) is 37.1 Å². The summed E-state index contributed by atoms with van der Waals surface area (Å²) in [5.41, 5.74) is 6.74. The Morgan fingerprint density at radius 2 is 1.92 bits per heavy atom. The Kier molecular flexibility index (Phi) is 2.80. The average Bonchev–Trinajstić information content (AvgIpc) is 3.07. The summed E-state index contributed by atoms with van der Waals surface area (Å²) in [6.45, 7) is 4.85. The highest BCUT2D eigenvalue weighted by molar-refractivity contribution is 5.70. The van der Waals surface area contributed by atoms with Gasteiger partial charge in [-0.2, -0.15) is 0 Å². The number of ether oxygens (including phenoxy) is 1. The summed E-state index contributed by atoms with van der Waals surface area (Å²) in [5, 5.41) is 0. The van der Waals surface area contributed by atoms with Crippen LogP contribution in [0.5, 0.6) is 5.75 Å². The molecule has 1 aliphatic carbocycles. The van der Waals surface area contributed by atoms with Crippen LogP contribution in [0, 0.1) is 19.8 Å². The number of nitrogens with one attached hydrogen (secondary N) is 1. The number of nitrogens with zero attached hydrogens (tertiary/aromatic N) is 3. The van der Waals surface area contributed by atoms with Gasteiger partial charge in [0.05, 0.1) is 18.6 Å². The van der Waals surface area contributed by atoms with Crippen LogP contribution in [0.25, 0.3) is 11.1 Å². The van der Waals surface area contributed by atoms with E-state index in [1.54, 1.807) is 12.7 Å². The van der Waals surface area contributed by atoms with Crippen LogP contribution in [0.3, 0.4) is 0 Å². The first-order valence-electron chi connectivity index (χ1n) is 8.28. The van der Waals surface area contributed by atoms with Gasteiger partial charge in [-0.05, 0) is 37.1 Å². The molecule has 3 atom stereocenters. The number of hydrogen-bond acceptors (Lipinski definition) is 4. The van der Waals surface area contributed by atoms with Crippen LogP contribution in [-0.4, -0.2) is 26.5 Å². The van der Waals surface area contributed by atoms with Gasteiger partial charge in [-0.1, -0.05) is 6.07 Å². The van der Waals surface area contributed by atoms with Crippen LogP contribution in [0.1, 0.15) is 34.5 Å². The SMILES string of the molecule is Cc1ncnc(C)c1-c1ccc2c(c1)[C@@H]1[C@H](CO2)[C@H]1c1c[nH]cn1. The molecule has 3 aromatic rings. The first-order valence-corrected chi connectivity index (χ1v) is 8.28. The topological polar surface area (TPSA) is 63.7 Å². The van der Waals surface area contributed by atoms with E-state index in [2.05, 4.69) is 38.1 Å². The third-order valence-corrected chi connectivity index (χ3v) is 5.34. The molecule has 0 spiro atoms. The van der Waals surface area contributed by atoms with Gasteiger partial charge in [0.1, 0.15) is 12.1 Å². The molecule has 5 nitrogen and oxygen atoms in total. The van der Waals surface area contributed by atoms with E-state index in [9.17, 15) is 0 Å². The number of aryl methyl sites for hydroxylation is 2. The van der Waals surface area contributed by atoms with Crippen LogP contribution in [0.4, 0.5) is 0 Å². The molecule has 5 heteroatoms. The van der Waals surface area contributed by atoms with Crippen LogP contribution in [-0.2, 0) is 0 Å². The van der Waals surface area contributed by atoms with Crippen LogP contribution < -0.4 is 4.74 Å². The molecule has 1 N–H and O–H groups in total. The number of rotatable bonds is 2. The van der Waals surface area contributed by atoms with Gasteiger partial charge in [-0.25, -0.2) is 15.0 Å². The summed E-state index contributed by atoms with van der Waals surface area (Å²) in [6.07, 6.45) is 5.39. The standard InChI is InChI=1S/C19H18N4O/c1-10-17(11(2)22-9-21-10)12-3-4-16-13(5-12)18-14(7-24-16)19(18)15-6-20-8-23-15/h3-6,8-9,14,18-19H,7H2,1-2H3,(H,20,23)/t14-,18+,19-/m0/s1. The van der Waals surface area contributed by atoms with Crippen molar-refractivity contribution in [2.75, 3.05) is 6.61 Å². The second-order valence-electron chi connectivity index (χ2n) is 6.69. The highest BCUT2D eigenvalue weighted by Gasteiger charge is 2.56. The normalized spacial score (nSPS) is 24.0. The fourth-order valence-corrected chi connectivity index (χ4v) is 4.16. The zero-order valence-electron chi connectivity index (χ0n) is 13.7. The lowest BCUT2D eigenvalue weighted by Gasteiger charge is -2.18. The quantitative estimate of drug-likeness (QED) is 0.787. The number of H-pyrrole nitrogens is 1. The molecule has 0 radical (unpaired) electrons. The van der Waals surface area contributed by atoms with Gasteiger partial charge in [-0.15, -0.1) is 0 Å². The smallest absolute Gasteiger partial charge is 0.122 e. The summed E-state index contributed by atoms with van der Waals surface area (Å²) >= 11 is 0. The van der Waals surface area contributed by atoms with Crippen molar-refractivity contribution in [3.05, 3.63) is 59.7 Å². The Morgan fingerprint density at radius 3 is 2.67 bits per heavy atom. The van der Waals surface area contributed by atoms with Gasteiger partial charge in [0, 0.05) is 40.9 Å². The Bertz CT molecular complexity index is 899. The van der Waals surface area contributed by atoms with Crippen molar-refractivity contribution in [2.45, 2.75) is 25.7 Å². The van der Waals surface area contributed by atoms with Crippen molar-refractivity contribution >= 4 is 0 Å². The van der Waals surface area contributed by atoms with E-state index in [4.69, 9.17) is 4.74 Å². The maximum absolute atomic E-state index is 5.99. The molecule has 1 saturated carbocycles. The highest BCUT2D eigenvalue weighted by atomic mass is 16.5. The molecule has 0 amide bonds. The molecule has 3 heterocycles. The molecule has 0 saturated heterocycles. The fraction of sp³-hybridized carbons (Fsp3) is 0.316. The number of benzene rings is 1. The van der Waals surface area contributed by atoms with Crippen LogP contribution in [0.2, 0.25) is 0 Å². The molecule has 2 aromatic heterocycles. The third-order valence-electron chi connectivity index (χ3n) is 5.34. The van der Waals surface area contributed by atoms with E-state index in [-0.39, 0.29) is 0 Å². The van der Waals surface area contributed by atoms with Gasteiger partial charge >= 0.3 is 0 Å². The highest BCUT2D eigenvalue weighted by Crippen LogP contribution is 2.64. The zero-order valence-corrected chi connectivity index (χ0v) is 13.7. The van der Waals surface area contributed by atoms with E-state index in [0.29, 0.717) is 17.8 Å². The lowest BCUT2D eigenvalue weighted by Crippen LogP contribution is -2.08. The lowest BCUT2D eigenvalue weighted by molar-refractivity contribution is 0.277. The largest absolute Gasteiger partial charge is 0.493 e. The van der Waals surface area contributed by atoms with Gasteiger partial charge in [0.15, 0.2) is 0 Å². The molecule has 5 rings (SSSR count). The second kappa shape index (κ2) is 4.90. The summed E-state index contributed by atoms with van der Waals surface area (Å²) in [7, 11) is 0. The number of hydrogen-bond donors (Lipinski definition) is 1. The van der Waals surface area contributed by atoms with Crippen molar-refractivity contribution in [3.63, 3.8) is 0 Å². The Balaban J connectivity index is 1.59. The Labute approximate surface area is 140 Å². The predicted molar refractivity (Wildman–Crippen MR) is 90.0 cm³/mol. The summed E-state index contributed by atoms with van der Waals surface area (Å²) < 4.78 is 5.99. The maximum Gasteiger partial charge on any atom is 0.122 e. The molecule has 1 fully saturated rings. The van der Waals surface area contributed by atoms with E-state index in [0.717, 1.165) is 35.0 Å². The minimum atomic E-state index is 0.460. The number of aromatic amines is 1. The lowest BCUT2D eigenvalue weighted by atomic mass is 9.96. The fourth-order valence-electron chi connectivity index (χ4n) is 4.16. The van der Waals surface area contributed by atoms with Gasteiger partial charge in [-0.3, -0.25) is 0 Å². The Morgan fingerprint density at radius 1 is 1.08 bits per heavy atom. The maximum atomic E-state index is 5.99. The molecule has 24 heavy (non-hydrogen) atoms. The van der Waals surface area contributed by atoms with Crippen molar-refractivity contribution in [1.82, 2.24) is 19.9 Å². The van der Waals surface area contributed by atoms with Crippen molar-refractivity contribution in [2.24, 2.45) is 5.92 Å². The molecule has 2 aliphatic rings. The summed E-state index contributed by atoms with van der Waals surface area (Å²) in [4.78, 5) is 16.2. The first-order chi connectivity index (χ1) is 11.7. The number of imidazole rings is 1. The molecule has 0 bridgehead atoms. The number of aromatic nitrogens is 4. The Hall–Kier alpha value is -2.69. The minimum absolute atomic E-state index is 0.460. The van der Waals surface area contributed by atoms with E-state index < -0.39 is 0 Å². The van der Waals surface area contributed by atoms with Gasteiger partial charge < -0.3 is 9.72 Å². The van der Waals surface area contributed by atoms with E-state index in [1.807, 2.05) is 20.0 Å². The van der Waals surface area contributed by atoms with Gasteiger partial charge in [0.25, 0.3) is 0 Å². The molecule has 1 aliphatic heterocycles. The zero-order chi connectivity index (χ0) is 16.3. The summed E-state index contributed by atoms with van der Waals surface area (Å²) in [6, 6.07) is 6.47.